The Labute approximate surface area is 185 Å². The molecule has 0 aliphatic carbocycles. The Morgan fingerprint density at radius 1 is 1.06 bits per heavy atom. The Balaban J connectivity index is 1.83. The number of nitrogens with two attached hydrogens (primary N) is 1. The average Bonchev–Trinajstić information content (AvgIpc) is 2.77. The maximum Gasteiger partial charge on any atom is 0.229 e. The summed E-state index contributed by atoms with van der Waals surface area (Å²) in [7, 11) is 0. The van der Waals surface area contributed by atoms with Gasteiger partial charge in [-0.1, -0.05) is 72.3 Å². The lowest BCUT2D eigenvalue weighted by molar-refractivity contribution is 0.0936. The summed E-state index contributed by atoms with van der Waals surface area (Å²) in [6.45, 7) is 2.43. The molecule has 1 heterocycles. The predicted molar refractivity (Wildman–Crippen MR) is 125 cm³/mol. The molecule has 1 aromatic heterocycles. The molecule has 0 aliphatic rings. The Morgan fingerprint density at radius 3 is 2.35 bits per heavy atom. The summed E-state index contributed by atoms with van der Waals surface area (Å²) in [6.07, 6.45) is 0. The number of fused-ring (bicyclic) bond motifs is 1. The molecular weight excluding hydrogens is 410 g/mol. The fourth-order valence-electron chi connectivity index (χ4n) is 3.42. The summed E-state index contributed by atoms with van der Waals surface area (Å²) in [4.78, 5) is 21.8. The van der Waals surface area contributed by atoms with E-state index in [1.807, 2.05) is 60.7 Å². The van der Waals surface area contributed by atoms with Gasteiger partial charge in [-0.25, -0.2) is 4.98 Å². The minimum Gasteiger partial charge on any atom is -0.381 e. The number of rotatable bonds is 5. The van der Waals surface area contributed by atoms with Crippen LogP contribution >= 0.6 is 11.6 Å². The molecule has 0 aliphatic heterocycles. The number of nitrogen functional groups attached to an aromatic ring is 1. The number of halogens is 1. The van der Waals surface area contributed by atoms with Crippen LogP contribution in [0.5, 0.6) is 0 Å². The lowest BCUT2D eigenvalue weighted by atomic mass is 10.2. The second-order valence-corrected chi connectivity index (χ2v) is 7.57. The molecule has 3 aromatic carbocycles. The molecule has 0 saturated heterocycles. The first-order chi connectivity index (χ1) is 15.0. The van der Waals surface area contributed by atoms with Crippen molar-refractivity contribution in [2.75, 3.05) is 11.1 Å². The zero-order chi connectivity index (χ0) is 21.8. The van der Waals surface area contributed by atoms with E-state index in [0.717, 1.165) is 11.1 Å². The van der Waals surface area contributed by atoms with Crippen LogP contribution in [0.15, 0.2) is 77.8 Å². The van der Waals surface area contributed by atoms with Crippen molar-refractivity contribution < 1.29 is 4.79 Å². The van der Waals surface area contributed by atoms with Gasteiger partial charge in [-0.3, -0.25) is 14.4 Å². The van der Waals surface area contributed by atoms with Crippen LogP contribution in [-0.4, -0.2) is 15.5 Å². The van der Waals surface area contributed by atoms with Crippen molar-refractivity contribution in [3.8, 4) is 0 Å². The number of hydrogen-bond donors (Lipinski definition) is 2. The molecule has 0 unspecified atom stereocenters. The van der Waals surface area contributed by atoms with Crippen LogP contribution in [0.4, 0.5) is 11.5 Å². The lowest BCUT2D eigenvalue weighted by Gasteiger charge is -2.15. The fraction of sp³-hybridized carbons (Fsp3) is 0.125. The van der Waals surface area contributed by atoms with E-state index < -0.39 is 0 Å². The number of aromatic nitrogens is 2. The van der Waals surface area contributed by atoms with Crippen LogP contribution in [0.2, 0.25) is 5.02 Å². The SMILES string of the molecule is CC(=O)n1/c(=N\Cc2ccccc2)c(N)nc2c(NCc3ccccc3)cc(Cl)cc21. The summed E-state index contributed by atoms with van der Waals surface area (Å²) in [6, 6.07) is 23.2. The van der Waals surface area contributed by atoms with Crippen LogP contribution in [0.1, 0.15) is 22.8 Å². The number of nitrogens with one attached hydrogen (secondary N) is 1. The van der Waals surface area contributed by atoms with Gasteiger partial charge in [-0.05, 0) is 23.3 Å². The van der Waals surface area contributed by atoms with Gasteiger partial charge in [-0.15, -0.1) is 0 Å². The van der Waals surface area contributed by atoms with Crippen LogP contribution in [0, 0.1) is 0 Å². The van der Waals surface area contributed by atoms with E-state index in [1.54, 1.807) is 12.1 Å². The molecule has 6 nitrogen and oxygen atoms in total. The van der Waals surface area contributed by atoms with Crippen LogP contribution in [-0.2, 0) is 13.1 Å². The highest BCUT2D eigenvalue weighted by Gasteiger charge is 2.15. The number of benzene rings is 3. The summed E-state index contributed by atoms with van der Waals surface area (Å²) in [5, 5.41) is 3.84. The van der Waals surface area contributed by atoms with Gasteiger partial charge < -0.3 is 11.1 Å². The molecule has 156 valence electrons. The summed E-state index contributed by atoms with van der Waals surface area (Å²) in [5.74, 6) is -0.0362. The van der Waals surface area contributed by atoms with Crippen molar-refractivity contribution in [2.24, 2.45) is 4.99 Å². The molecule has 0 fully saturated rings. The Kier molecular flexibility index (Phi) is 6.00. The Bertz CT molecular complexity index is 1300. The van der Waals surface area contributed by atoms with Crippen molar-refractivity contribution in [3.63, 3.8) is 0 Å². The second-order valence-electron chi connectivity index (χ2n) is 7.14. The normalized spacial score (nSPS) is 11.6. The second kappa shape index (κ2) is 9.02. The molecule has 0 spiro atoms. The molecule has 0 saturated carbocycles. The number of carbonyl (C=O) groups excluding carboxylic acids is 1. The third-order valence-corrected chi connectivity index (χ3v) is 5.08. The molecule has 0 bridgehead atoms. The van der Waals surface area contributed by atoms with Gasteiger partial charge in [0.2, 0.25) is 5.91 Å². The van der Waals surface area contributed by atoms with E-state index >= 15 is 0 Å². The average molecular weight is 432 g/mol. The molecule has 4 rings (SSSR count). The van der Waals surface area contributed by atoms with Gasteiger partial charge in [-0.2, -0.15) is 0 Å². The van der Waals surface area contributed by atoms with Gasteiger partial charge in [0, 0.05) is 18.5 Å². The summed E-state index contributed by atoms with van der Waals surface area (Å²) < 4.78 is 1.47. The van der Waals surface area contributed by atoms with Crippen molar-refractivity contribution in [3.05, 3.63) is 94.4 Å². The first-order valence-electron chi connectivity index (χ1n) is 9.88. The van der Waals surface area contributed by atoms with Gasteiger partial charge in [0.1, 0.15) is 5.52 Å². The van der Waals surface area contributed by atoms with Crippen molar-refractivity contribution in [2.45, 2.75) is 20.0 Å². The summed E-state index contributed by atoms with van der Waals surface area (Å²) >= 11 is 6.39. The van der Waals surface area contributed by atoms with Gasteiger partial charge in [0.15, 0.2) is 11.3 Å². The largest absolute Gasteiger partial charge is 0.381 e. The standard InChI is InChI=1S/C24H22ClN5O/c1-16(31)30-21-13-19(25)12-20(27-14-17-8-4-2-5-9-17)22(21)29-23(26)24(30)28-15-18-10-6-3-7-11-18/h2-13,27H,14-15H2,1H3,(H2,26,29)/b28-24-. The van der Waals surface area contributed by atoms with Crippen LogP contribution < -0.4 is 16.5 Å². The predicted octanol–water partition coefficient (Wildman–Crippen LogP) is 4.65. The van der Waals surface area contributed by atoms with E-state index in [4.69, 9.17) is 17.3 Å². The molecule has 3 N–H and O–H groups in total. The lowest BCUT2D eigenvalue weighted by Crippen LogP contribution is -2.30. The monoisotopic (exact) mass is 431 g/mol. The minimum atomic E-state index is -0.220. The maximum absolute atomic E-state index is 12.6. The van der Waals surface area contributed by atoms with Gasteiger partial charge >= 0.3 is 0 Å². The van der Waals surface area contributed by atoms with Crippen molar-refractivity contribution in [1.82, 2.24) is 9.55 Å². The highest BCUT2D eigenvalue weighted by molar-refractivity contribution is 6.31. The maximum atomic E-state index is 12.6. The molecule has 0 atom stereocenters. The molecule has 4 aromatic rings. The number of anilines is 2. The number of hydrogen-bond acceptors (Lipinski definition) is 5. The van der Waals surface area contributed by atoms with E-state index in [1.165, 1.54) is 11.5 Å². The van der Waals surface area contributed by atoms with E-state index in [-0.39, 0.29) is 11.7 Å². The quantitative estimate of drug-likeness (QED) is 0.481. The first kappa shape index (κ1) is 20.6. The summed E-state index contributed by atoms with van der Waals surface area (Å²) in [5.41, 5.74) is 10.5. The number of carbonyl (C=O) groups is 1. The topological polar surface area (TPSA) is 85.3 Å². The zero-order valence-corrected chi connectivity index (χ0v) is 17.8. The van der Waals surface area contributed by atoms with E-state index in [0.29, 0.717) is 40.3 Å². The molecule has 31 heavy (non-hydrogen) atoms. The highest BCUT2D eigenvalue weighted by Crippen LogP contribution is 2.27. The number of nitrogens with zero attached hydrogens (tertiary/aromatic N) is 3. The minimum absolute atomic E-state index is 0.184. The van der Waals surface area contributed by atoms with Crippen LogP contribution in [0.3, 0.4) is 0 Å². The van der Waals surface area contributed by atoms with E-state index in [9.17, 15) is 4.79 Å². The van der Waals surface area contributed by atoms with Gasteiger partial charge in [0.05, 0.1) is 17.7 Å². The first-order valence-corrected chi connectivity index (χ1v) is 10.3. The Hall–Kier alpha value is -3.64. The zero-order valence-electron chi connectivity index (χ0n) is 17.0. The smallest absolute Gasteiger partial charge is 0.229 e. The Morgan fingerprint density at radius 2 is 1.71 bits per heavy atom. The third kappa shape index (κ3) is 4.59. The molecule has 0 radical (unpaired) electrons. The van der Waals surface area contributed by atoms with Crippen molar-refractivity contribution >= 4 is 40.0 Å². The molecule has 0 amide bonds. The fourth-order valence-corrected chi connectivity index (χ4v) is 3.63. The molecular formula is C24H22ClN5O. The van der Waals surface area contributed by atoms with Gasteiger partial charge in [0.25, 0.3) is 0 Å². The third-order valence-electron chi connectivity index (χ3n) is 4.86. The van der Waals surface area contributed by atoms with E-state index in [2.05, 4.69) is 15.3 Å². The van der Waals surface area contributed by atoms with Crippen LogP contribution in [0.25, 0.3) is 11.0 Å². The van der Waals surface area contributed by atoms with Crippen molar-refractivity contribution in [1.29, 1.82) is 0 Å². The highest BCUT2D eigenvalue weighted by atomic mass is 35.5. The molecule has 7 heteroatoms.